The molecule has 0 saturated carbocycles. The van der Waals surface area contributed by atoms with Crippen molar-refractivity contribution in [2.75, 3.05) is 11.9 Å². The molecule has 1 rings (SSSR count). The number of anilines is 1. The maximum Gasteiger partial charge on any atom is 0.328 e. The van der Waals surface area contributed by atoms with Gasteiger partial charge in [-0.1, -0.05) is 6.07 Å². The Bertz CT molecular complexity index is 427. The minimum absolute atomic E-state index is 0.312. The number of carboxylic acids is 1. The minimum atomic E-state index is -0.996. The summed E-state index contributed by atoms with van der Waals surface area (Å²) >= 11 is 0. The summed E-state index contributed by atoms with van der Waals surface area (Å²) in [5.74, 6) is -1.34. The fourth-order valence-electron chi connectivity index (χ4n) is 1.27. The number of benzene rings is 1. The van der Waals surface area contributed by atoms with E-state index >= 15 is 0 Å². The second-order valence-electron chi connectivity index (χ2n) is 3.67. The molecule has 2 N–H and O–H groups in total. The van der Waals surface area contributed by atoms with Gasteiger partial charge in [-0.05, 0) is 37.1 Å². The second-order valence-corrected chi connectivity index (χ2v) is 3.67. The largest absolute Gasteiger partial charge is 0.478 e. The lowest BCUT2D eigenvalue weighted by atomic mass is 10.2. The van der Waals surface area contributed by atoms with E-state index in [0.29, 0.717) is 17.8 Å². The minimum Gasteiger partial charge on any atom is -0.478 e. The Balaban J connectivity index is 2.68. The van der Waals surface area contributed by atoms with Gasteiger partial charge in [0.25, 0.3) is 0 Å². The van der Waals surface area contributed by atoms with Gasteiger partial charge in [-0.15, -0.1) is 0 Å². The van der Waals surface area contributed by atoms with Gasteiger partial charge >= 0.3 is 5.97 Å². The molecule has 86 valence electrons. The lowest BCUT2D eigenvalue weighted by Crippen LogP contribution is -2.06. The standard InChI is InChI=1S/C12H14FNO2/c1-8-3-4-10(13)11(5-8)14-7-9(2)6-12(15)16/h3-6,14H,7H2,1-2H3,(H,15,16)/b9-6-. The Hall–Kier alpha value is -1.84. The molecule has 0 saturated heterocycles. The highest BCUT2D eigenvalue weighted by Crippen LogP contribution is 2.15. The van der Waals surface area contributed by atoms with Gasteiger partial charge in [0, 0.05) is 12.6 Å². The molecule has 0 fully saturated rings. The number of nitrogens with one attached hydrogen (secondary N) is 1. The van der Waals surface area contributed by atoms with Crippen LogP contribution in [-0.4, -0.2) is 17.6 Å². The Labute approximate surface area is 93.6 Å². The molecule has 0 amide bonds. The maximum absolute atomic E-state index is 13.3. The maximum atomic E-state index is 13.3. The van der Waals surface area contributed by atoms with Crippen molar-refractivity contribution in [2.45, 2.75) is 13.8 Å². The van der Waals surface area contributed by atoms with Gasteiger partial charge in [0.15, 0.2) is 0 Å². The highest BCUT2D eigenvalue weighted by Gasteiger charge is 2.01. The molecule has 0 radical (unpaired) electrons. The van der Waals surface area contributed by atoms with Crippen LogP contribution >= 0.6 is 0 Å². The van der Waals surface area contributed by atoms with Gasteiger partial charge in [0.2, 0.25) is 0 Å². The monoisotopic (exact) mass is 223 g/mol. The molecule has 0 bridgehead atoms. The number of rotatable bonds is 4. The van der Waals surface area contributed by atoms with Crippen LogP contribution in [0.4, 0.5) is 10.1 Å². The van der Waals surface area contributed by atoms with Crippen molar-refractivity contribution < 1.29 is 14.3 Å². The lowest BCUT2D eigenvalue weighted by molar-refractivity contribution is -0.131. The number of aliphatic carboxylic acids is 1. The molecule has 0 aliphatic rings. The van der Waals surface area contributed by atoms with Gasteiger partial charge in [-0.3, -0.25) is 0 Å². The Morgan fingerprint density at radius 3 is 2.88 bits per heavy atom. The molecular formula is C12H14FNO2. The molecule has 1 aromatic carbocycles. The molecule has 0 spiro atoms. The van der Waals surface area contributed by atoms with Gasteiger partial charge in [-0.25, -0.2) is 9.18 Å². The lowest BCUT2D eigenvalue weighted by Gasteiger charge is -2.08. The molecule has 3 nitrogen and oxygen atoms in total. The van der Waals surface area contributed by atoms with Crippen LogP contribution < -0.4 is 5.32 Å². The van der Waals surface area contributed by atoms with Crippen molar-refractivity contribution >= 4 is 11.7 Å². The highest BCUT2D eigenvalue weighted by atomic mass is 19.1. The van der Waals surface area contributed by atoms with Crippen LogP contribution in [0.2, 0.25) is 0 Å². The second kappa shape index (κ2) is 5.30. The average Bonchev–Trinajstić information content (AvgIpc) is 2.18. The van der Waals surface area contributed by atoms with Crippen LogP contribution in [-0.2, 0) is 4.79 Å². The van der Waals surface area contributed by atoms with Crippen molar-refractivity contribution in [3.05, 3.63) is 41.2 Å². The first-order valence-corrected chi connectivity index (χ1v) is 4.89. The number of halogens is 1. The topological polar surface area (TPSA) is 49.3 Å². The van der Waals surface area contributed by atoms with Crippen molar-refractivity contribution in [1.29, 1.82) is 0 Å². The number of carboxylic acid groups (broad SMARTS) is 1. The summed E-state index contributed by atoms with van der Waals surface area (Å²) in [6.07, 6.45) is 1.10. The summed E-state index contributed by atoms with van der Waals surface area (Å²) < 4.78 is 13.3. The summed E-state index contributed by atoms with van der Waals surface area (Å²) in [5, 5.41) is 11.4. The van der Waals surface area contributed by atoms with Crippen LogP contribution in [0, 0.1) is 12.7 Å². The Morgan fingerprint density at radius 1 is 1.56 bits per heavy atom. The van der Waals surface area contributed by atoms with E-state index in [1.807, 2.05) is 6.92 Å². The predicted molar refractivity (Wildman–Crippen MR) is 61.0 cm³/mol. The summed E-state index contributed by atoms with van der Waals surface area (Å²) in [4.78, 5) is 10.4. The molecule has 16 heavy (non-hydrogen) atoms. The van der Waals surface area contributed by atoms with Crippen LogP contribution in [0.15, 0.2) is 29.8 Å². The summed E-state index contributed by atoms with van der Waals surface area (Å²) in [5.41, 5.74) is 1.97. The van der Waals surface area contributed by atoms with E-state index in [9.17, 15) is 9.18 Å². The van der Waals surface area contributed by atoms with E-state index in [1.165, 1.54) is 6.07 Å². The normalized spacial score (nSPS) is 11.3. The fourth-order valence-corrected chi connectivity index (χ4v) is 1.27. The van der Waals surface area contributed by atoms with Gasteiger partial charge < -0.3 is 10.4 Å². The molecule has 1 aromatic rings. The van der Waals surface area contributed by atoms with Crippen molar-refractivity contribution in [3.63, 3.8) is 0 Å². The van der Waals surface area contributed by atoms with E-state index in [2.05, 4.69) is 5.32 Å². The van der Waals surface area contributed by atoms with E-state index in [0.717, 1.165) is 11.6 Å². The third-order valence-corrected chi connectivity index (χ3v) is 2.05. The van der Waals surface area contributed by atoms with Crippen molar-refractivity contribution in [1.82, 2.24) is 0 Å². The summed E-state index contributed by atoms with van der Waals surface area (Å²) in [6.45, 7) is 3.85. The summed E-state index contributed by atoms with van der Waals surface area (Å²) in [6, 6.07) is 4.75. The number of aryl methyl sites for hydroxylation is 1. The van der Waals surface area contributed by atoms with Crippen LogP contribution in [0.5, 0.6) is 0 Å². The third-order valence-electron chi connectivity index (χ3n) is 2.05. The highest BCUT2D eigenvalue weighted by molar-refractivity contribution is 5.80. The molecule has 0 aliphatic carbocycles. The Kier molecular flexibility index (Phi) is 4.05. The van der Waals surface area contributed by atoms with Crippen LogP contribution in [0.1, 0.15) is 12.5 Å². The molecule has 0 unspecified atom stereocenters. The Morgan fingerprint density at radius 2 is 2.25 bits per heavy atom. The van der Waals surface area contributed by atoms with Gasteiger partial charge in [0.1, 0.15) is 5.82 Å². The number of hydrogen-bond acceptors (Lipinski definition) is 2. The van der Waals surface area contributed by atoms with Crippen LogP contribution in [0.3, 0.4) is 0 Å². The average molecular weight is 223 g/mol. The molecular weight excluding hydrogens is 209 g/mol. The quantitative estimate of drug-likeness (QED) is 0.771. The fraction of sp³-hybridized carbons (Fsp3) is 0.250. The molecule has 0 aromatic heterocycles. The summed E-state index contributed by atoms with van der Waals surface area (Å²) in [7, 11) is 0. The zero-order chi connectivity index (χ0) is 12.1. The van der Waals surface area contributed by atoms with E-state index in [4.69, 9.17) is 5.11 Å². The molecule has 0 heterocycles. The predicted octanol–water partition coefficient (Wildman–Crippen LogP) is 2.58. The van der Waals surface area contributed by atoms with E-state index < -0.39 is 5.97 Å². The SMILES string of the molecule is C/C(=C/C(=O)O)CNc1cc(C)ccc1F. The molecule has 0 atom stereocenters. The van der Waals surface area contributed by atoms with Crippen molar-refractivity contribution in [3.8, 4) is 0 Å². The van der Waals surface area contributed by atoms with Gasteiger partial charge in [0.05, 0.1) is 5.69 Å². The van der Waals surface area contributed by atoms with Crippen molar-refractivity contribution in [2.24, 2.45) is 0 Å². The zero-order valence-electron chi connectivity index (χ0n) is 9.25. The first kappa shape index (κ1) is 12.2. The van der Waals surface area contributed by atoms with Gasteiger partial charge in [-0.2, -0.15) is 0 Å². The first-order chi connectivity index (χ1) is 7.49. The first-order valence-electron chi connectivity index (χ1n) is 4.89. The zero-order valence-corrected chi connectivity index (χ0v) is 9.25. The third kappa shape index (κ3) is 3.73. The smallest absolute Gasteiger partial charge is 0.328 e. The van der Waals surface area contributed by atoms with E-state index in [-0.39, 0.29) is 5.82 Å². The van der Waals surface area contributed by atoms with Crippen LogP contribution in [0.25, 0.3) is 0 Å². The number of hydrogen-bond donors (Lipinski definition) is 2. The van der Waals surface area contributed by atoms with E-state index in [1.54, 1.807) is 19.1 Å². The molecule has 4 heteroatoms. The number of carbonyl (C=O) groups is 1. The molecule has 0 aliphatic heterocycles.